The summed E-state index contributed by atoms with van der Waals surface area (Å²) in [4.78, 5) is 8.64. The Labute approximate surface area is 72.1 Å². The predicted molar refractivity (Wildman–Crippen MR) is 48.1 cm³/mol. The van der Waals surface area contributed by atoms with Gasteiger partial charge in [-0.3, -0.25) is 4.98 Å². The minimum absolute atomic E-state index is 0.859. The number of hydrogen-bond donors (Lipinski definition) is 0. The molecule has 0 saturated heterocycles. The maximum absolute atomic E-state index is 4.72. The second kappa shape index (κ2) is 4.49. The SMILES string of the molecule is CC/C(=N/OC)c1ccncc1. The van der Waals surface area contributed by atoms with Gasteiger partial charge in [0.2, 0.25) is 0 Å². The predicted octanol–water partition coefficient (Wildman–Crippen LogP) is 1.84. The van der Waals surface area contributed by atoms with Crippen LogP contribution in [0.1, 0.15) is 18.9 Å². The highest BCUT2D eigenvalue weighted by Crippen LogP contribution is 2.02. The summed E-state index contributed by atoms with van der Waals surface area (Å²) < 4.78 is 0. The van der Waals surface area contributed by atoms with E-state index in [2.05, 4.69) is 10.1 Å². The van der Waals surface area contributed by atoms with Gasteiger partial charge in [0.15, 0.2) is 0 Å². The molecule has 3 nitrogen and oxygen atoms in total. The molecule has 1 aromatic heterocycles. The quantitative estimate of drug-likeness (QED) is 0.504. The van der Waals surface area contributed by atoms with Gasteiger partial charge < -0.3 is 4.84 Å². The molecule has 12 heavy (non-hydrogen) atoms. The Bertz CT molecular complexity index is 256. The molecule has 1 heterocycles. The molecule has 0 radical (unpaired) electrons. The Morgan fingerprint density at radius 2 is 2.17 bits per heavy atom. The summed E-state index contributed by atoms with van der Waals surface area (Å²) in [5, 5.41) is 3.90. The lowest BCUT2D eigenvalue weighted by atomic mass is 10.1. The van der Waals surface area contributed by atoms with Crippen molar-refractivity contribution in [2.75, 3.05) is 7.11 Å². The third-order valence-corrected chi connectivity index (χ3v) is 1.55. The van der Waals surface area contributed by atoms with Gasteiger partial charge in [-0.05, 0) is 18.6 Å². The van der Waals surface area contributed by atoms with Crippen molar-refractivity contribution in [3.8, 4) is 0 Å². The third-order valence-electron chi connectivity index (χ3n) is 1.55. The van der Waals surface area contributed by atoms with E-state index in [1.54, 1.807) is 19.5 Å². The van der Waals surface area contributed by atoms with Gasteiger partial charge in [0.05, 0.1) is 5.71 Å². The molecular formula is C9H12N2O. The van der Waals surface area contributed by atoms with E-state index in [-0.39, 0.29) is 0 Å². The Kier molecular flexibility index (Phi) is 3.26. The van der Waals surface area contributed by atoms with Crippen molar-refractivity contribution in [1.82, 2.24) is 4.98 Å². The highest BCUT2D eigenvalue weighted by atomic mass is 16.6. The van der Waals surface area contributed by atoms with E-state index in [9.17, 15) is 0 Å². The van der Waals surface area contributed by atoms with E-state index in [0.29, 0.717) is 0 Å². The van der Waals surface area contributed by atoms with E-state index >= 15 is 0 Å². The largest absolute Gasteiger partial charge is 0.399 e. The molecule has 3 heteroatoms. The van der Waals surface area contributed by atoms with Crippen molar-refractivity contribution in [3.63, 3.8) is 0 Å². The Hall–Kier alpha value is -1.38. The van der Waals surface area contributed by atoms with Crippen LogP contribution in [0.3, 0.4) is 0 Å². The molecule has 0 bridgehead atoms. The molecular weight excluding hydrogens is 152 g/mol. The molecule has 64 valence electrons. The minimum Gasteiger partial charge on any atom is -0.399 e. The lowest BCUT2D eigenvalue weighted by Crippen LogP contribution is -1.99. The fraction of sp³-hybridized carbons (Fsp3) is 0.333. The summed E-state index contributed by atoms with van der Waals surface area (Å²) in [5.41, 5.74) is 2.01. The normalized spacial score (nSPS) is 11.3. The summed E-state index contributed by atoms with van der Waals surface area (Å²) in [6, 6.07) is 3.84. The smallest absolute Gasteiger partial charge is 0.106 e. The van der Waals surface area contributed by atoms with E-state index in [4.69, 9.17) is 4.84 Å². The van der Waals surface area contributed by atoms with Crippen LogP contribution in [-0.4, -0.2) is 17.8 Å². The van der Waals surface area contributed by atoms with Crippen LogP contribution in [0.4, 0.5) is 0 Å². The third kappa shape index (κ3) is 2.05. The number of pyridine rings is 1. The molecule has 0 N–H and O–H groups in total. The summed E-state index contributed by atoms with van der Waals surface area (Å²) in [5.74, 6) is 0. The highest BCUT2D eigenvalue weighted by Gasteiger charge is 1.99. The fourth-order valence-electron chi connectivity index (χ4n) is 0.976. The van der Waals surface area contributed by atoms with Crippen molar-refractivity contribution in [2.24, 2.45) is 5.16 Å². The first kappa shape index (κ1) is 8.71. The molecule has 1 rings (SSSR count). The van der Waals surface area contributed by atoms with Gasteiger partial charge in [0.1, 0.15) is 7.11 Å². The summed E-state index contributed by atoms with van der Waals surface area (Å²) in [7, 11) is 1.55. The number of hydrogen-bond acceptors (Lipinski definition) is 3. The molecule has 0 aliphatic carbocycles. The highest BCUT2D eigenvalue weighted by molar-refractivity contribution is 5.99. The zero-order valence-electron chi connectivity index (χ0n) is 7.32. The topological polar surface area (TPSA) is 34.5 Å². The number of rotatable bonds is 3. The van der Waals surface area contributed by atoms with E-state index in [1.165, 1.54) is 0 Å². The first-order valence-corrected chi connectivity index (χ1v) is 3.89. The second-order valence-electron chi connectivity index (χ2n) is 2.31. The Morgan fingerprint density at radius 3 is 2.67 bits per heavy atom. The zero-order valence-corrected chi connectivity index (χ0v) is 7.32. The van der Waals surface area contributed by atoms with Gasteiger partial charge in [-0.2, -0.15) is 0 Å². The van der Waals surface area contributed by atoms with Gasteiger partial charge in [-0.15, -0.1) is 0 Å². The molecule has 1 aromatic rings. The van der Waals surface area contributed by atoms with Gasteiger partial charge in [0, 0.05) is 18.0 Å². The summed E-state index contributed by atoms with van der Waals surface area (Å²) in [6.07, 6.45) is 4.35. The van der Waals surface area contributed by atoms with Crippen LogP contribution in [0.25, 0.3) is 0 Å². The zero-order chi connectivity index (χ0) is 8.81. The molecule has 0 spiro atoms. The van der Waals surface area contributed by atoms with Crippen LogP contribution in [0.2, 0.25) is 0 Å². The lowest BCUT2D eigenvalue weighted by molar-refractivity contribution is 0.213. The first-order chi connectivity index (χ1) is 5.88. The molecule has 0 fully saturated rings. The van der Waals surface area contributed by atoms with E-state index < -0.39 is 0 Å². The molecule has 0 aliphatic rings. The van der Waals surface area contributed by atoms with Crippen LogP contribution in [0, 0.1) is 0 Å². The summed E-state index contributed by atoms with van der Waals surface area (Å²) >= 11 is 0. The average molecular weight is 164 g/mol. The van der Waals surface area contributed by atoms with Gasteiger partial charge >= 0.3 is 0 Å². The van der Waals surface area contributed by atoms with Crippen molar-refractivity contribution in [3.05, 3.63) is 30.1 Å². The number of nitrogens with zero attached hydrogens (tertiary/aromatic N) is 2. The van der Waals surface area contributed by atoms with Crippen LogP contribution >= 0.6 is 0 Å². The van der Waals surface area contributed by atoms with Crippen molar-refractivity contribution in [2.45, 2.75) is 13.3 Å². The monoisotopic (exact) mass is 164 g/mol. The average Bonchev–Trinajstić information content (AvgIpc) is 2.15. The molecule has 0 unspecified atom stereocenters. The Balaban J connectivity index is 2.88. The van der Waals surface area contributed by atoms with Crippen molar-refractivity contribution in [1.29, 1.82) is 0 Å². The molecule has 0 atom stereocenters. The van der Waals surface area contributed by atoms with Crippen LogP contribution in [-0.2, 0) is 4.84 Å². The van der Waals surface area contributed by atoms with Gasteiger partial charge in [-0.1, -0.05) is 12.1 Å². The van der Waals surface area contributed by atoms with Crippen molar-refractivity contribution < 1.29 is 4.84 Å². The van der Waals surface area contributed by atoms with E-state index in [1.807, 2.05) is 19.1 Å². The first-order valence-electron chi connectivity index (χ1n) is 3.89. The fourth-order valence-corrected chi connectivity index (χ4v) is 0.976. The summed E-state index contributed by atoms with van der Waals surface area (Å²) in [6.45, 7) is 2.04. The second-order valence-corrected chi connectivity index (χ2v) is 2.31. The molecule has 0 aliphatic heterocycles. The number of oxime groups is 1. The van der Waals surface area contributed by atoms with Crippen LogP contribution < -0.4 is 0 Å². The standard InChI is InChI=1S/C9H12N2O/c1-3-9(11-12-2)8-4-6-10-7-5-8/h4-7H,3H2,1-2H3/b11-9-. The maximum Gasteiger partial charge on any atom is 0.106 e. The van der Waals surface area contributed by atoms with E-state index in [0.717, 1.165) is 17.7 Å². The lowest BCUT2D eigenvalue weighted by Gasteiger charge is -2.00. The van der Waals surface area contributed by atoms with Crippen LogP contribution in [0.5, 0.6) is 0 Å². The Morgan fingerprint density at radius 1 is 1.50 bits per heavy atom. The van der Waals surface area contributed by atoms with Gasteiger partial charge in [-0.25, -0.2) is 0 Å². The maximum atomic E-state index is 4.72. The van der Waals surface area contributed by atoms with Gasteiger partial charge in [0.25, 0.3) is 0 Å². The molecule has 0 saturated carbocycles. The minimum atomic E-state index is 0.859. The van der Waals surface area contributed by atoms with Crippen molar-refractivity contribution >= 4 is 5.71 Å². The number of aromatic nitrogens is 1. The molecule has 0 aromatic carbocycles. The van der Waals surface area contributed by atoms with Crippen LogP contribution in [0.15, 0.2) is 29.7 Å². The molecule has 0 amide bonds.